The van der Waals surface area contributed by atoms with Crippen LogP contribution in [0.15, 0.2) is 18.2 Å². The minimum absolute atomic E-state index is 0.149. The normalized spacial score (nSPS) is 10.5. The Bertz CT molecular complexity index is 636. The predicted octanol–water partition coefficient (Wildman–Crippen LogP) is 0.744. The van der Waals surface area contributed by atoms with Gasteiger partial charge in [-0.25, -0.2) is 4.68 Å². The molecule has 1 aromatic carbocycles. The Morgan fingerprint density at radius 2 is 2.20 bits per heavy atom. The van der Waals surface area contributed by atoms with E-state index in [1.807, 2.05) is 13.0 Å². The quantitative estimate of drug-likeness (QED) is 0.814. The zero-order valence-corrected chi connectivity index (χ0v) is 11.4. The summed E-state index contributed by atoms with van der Waals surface area (Å²) in [7, 11) is 1.31. The van der Waals surface area contributed by atoms with Crippen molar-refractivity contribution in [3.8, 4) is 0 Å². The van der Waals surface area contributed by atoms with Crippen LogP contribution in [0, 0.1) is 0 Å². The molecule has 2 rings (SSSR count). The Balaban J connectivity index is 2.05. The van der Waals surface area contributed by atoms with Gasteiger partial charge in [-0.05, 0) is 25.1 Å². The molecule has 1 amide bonds. The summed E-state index contributed by atoms with van der Waals surface area (Å²) in [6.07, 6.45) is 0.149. The number of rotatable bonds is 5. The number of benzene rings is 1. The Morgan fingerprint density at radius 3 is 2.90 bits per heavy atom. The largest absolute Gasteiger partial charge is 0.469 e. The molecule has 0 radical (unpaired) electrons. The van der Waals surface area contributed by atoms with Crippen LogP contribution in [0.25, 0.3) is 11.0 Å². The second-order valence-corrected chi connectivity index (χ2v) is 4.19. The maximum Gasteiger partial charge on any atom is 0.307 e. The van der Waals surface area contributed by atoms with Crippen molar-refractivity contribution in [2.24, 2.45) is 0 Å². The lowest BCUT2D eigenvalue weighted by Crippen LogP contribution is -2.26. The van der Waals surface area contributed by atoms with Crippen LogP contribution in [0.1, 0.15) is 23.7 Å². The van der Waals surface area contributed by atoms with E-state index in [4.69, 9.17) is 0 Å². The zero-order chi connectivity index (χ0) is 14.5. The first-order valence-electron chi connectivity index (χ1n) is 6.34. The van der Waals surface area contributed by atoms with E-state index in [9.17, 15) is 9.59 Å². The Kier molecular flexibility index (Phi) is 4.29. The second-order valence-electron chi connectivity index (χ2n) is 4.19. The lowest BCUT2D eigenvalue weighted by atomic mass is 10.2. The number of amides is 1. The number of methoxy groups -OCH3 is 1. The van der Waals surface area contributed by atoms with Crippen molar-refractivity contribution >= 4 is 22.9 Å². The molecule has 0 aliphatic heterocycles. The van der Waals surface area contributed by atoms with E-state index in [0.29, 0.717) is 11.1 Å². The fourth-order valence-corrected chi connectivity index (χ4v) is 1.83. The van der Waals surface area contributed by atoms with Gasteiger partial charge in [-0.2, -0.15) is 0 Å². The van der Waals surface area contributed by atoms with Gasteiger partial charge in [0, 0.05) is 18.7 Å². The van der Waals surface area contributed by atoms with E-state index in [-0.39, 0.29) is 24.8 Å². The van der Waals surface area contributed by atoms with Crippen molar-refractivity contribution < 1.29 is 14.3 Å². The van der Waals surface area contributed by atoms with Gasteiger partial charge in [-0.15, -0.1) is 5.10 Å². The summed E-state index contributed by atoms with van der Waals surface area (Å²) in [6.45, 7) is 2.94. The highest BCUT2D eigenvalue weighted by atomic mass is 16.5. The van der Waals surface area contributed by atoms with Gasteiger partial charge in [0.1, 0.15) is 5.52 Å². The second kappa shape index (κ2) is 6.14. The average molecular weight is 276 g/mol. The predicted molar refractivity (Wildman–Crippen MR) is 72.2 cm³/mol. The number of fused-ring (bicyclic) bond motifs is 1. The number of hydrogen-bond donors (Lipinski definition) is 1. The van der Waals surface area contributed by atoms with Crippen LogP contribution in [0.2, 0.25) is 0 Å². The van der Waals surface area contributed by atoms with Crippen LogP contribution in [0.3, 0.4) is 0 Å². The number of esters is 1. The molecular weight excluding hydrogens is 260 g/mol. The molecule has 1 N–H and O–H groups in total. The van der Waals surface area contributed by atoms with Crippen LogP contribution >= 0.6 is 0 Å². The van der Waals surface area contributed by atoms with E-state index in [1.165, 1.54) is 7.11 Å². The summed E-state index contributed by atoms with van der Waals surface area (Å²) in [5.74, 6) is -0.603. The number of aryl methyl sites for hydroxylation is 1. The highest BCUT2D eigenvalue weighted by Gasteiger charge is 2.10. The van der Waals surface area contributed by atoms with Gasteiger partial charge in [0.15, 0.2) is 0 Å². The number of hydrogen-bond acceptors (Lipinski definition) is 5. The van der Waals surface area contributed by atoms with Gasteiger partial charge in [0.05, 0.1) is 19.0 Å². The molecule has 1 heterocycles. The molecule has 2 aromatic rings. The highest BCUT2D eigenvalue weighted by molar-refractivity contribution is 5.97. The first-order valence-corrected chi connectivity index (χ1v) is 6.34. The van der Waals surface area contributed by atoms with Crippen LogP contribution in [-0.4, -0.2) is 40.5 Å². The van der Waals surface area contributed by atoms with E-state index in [2.05, 4.69) is 20.4 Å². The van der Waals surface area contributed by atoms with Gasteiger partial charge in [0.25, 0.3) is 5.91 Å². The van der Waals surface area contributed by atoms with Crippen LogP contribution < -0.4 is 5.32 Å². The van der Waals surface area contributed by atoms with Crippen molar-refractivity contribution in [2.75, 3.05) is 13.7 Å². The average Bonchev–Trinajstić information content (AvgIpc) is 2.88. The van der Waals surface area contributed by atoms with E-state index in [1.54, 1.807) is 16.8 Å². The molecular formula is C13H16N4O3. The third kappa shape index (κ3) is 2.93. The molecule has 0 saturated heterocycles. The molecule has 20 heavy (non-hydrogen) atoms. The molecule has 0 bridgehead atoms. The Hall–Kier alpha value is -2.44. The van der Waals surface area contributed by atoms with Gasteiger partial charge in [-0.1, -0.05) is 5.21 Å². The summed E-state index contributed by atoms with van der Waals surface area (Å²) < 4.78 is 6.26. The molecule has 0 aliphatic carbocycles. The fraction of sp³-hybridized carbons (Fsp3) is 0.385. The third-order valence-corrected chi connectivity index (χ3v) is 2.92. The first kappa shape index (κ1) is 14.0. The third-order valence-electron chi connectivity index (χ3n) is 2.92. The number of aromatic nitrogens is 3. The fourth-order valence-electron chi connectivity index (χ4n) is 1.83. The molecule has 0 atom stereocenters. The zero-order valence-electron chi connectivity index (χ0n) is 11.4. The van der Waals surface area contributed by atoms with Crippen molar-refractivity contribution in [3.05, 3.63) is 23.8 Å². The highest BCUT2D eigenvalue weighted by Crippen LogP contribution is 2.13. The molecule has 106 valence electrons. The number of carbonyl (C=O) groups is 2. The maximum atomic E-state index is 11.9. The van der Waals surface area contributed by atoms with Gasteiger partial charge in [0.2, 0.25) is 0 Å². The Morgan fingerprint density at radius 1 is 1.40 bits per heavy atom. The summed E-state index contributed by atoms with van der Waals surface area (Å²) in [6, 6.07) is 5.21. The summed E-state index contributed by atoms with van der Waals surface area (Å²) in [4.78, 5) is 22.9. The first-order chi connectivity index (χ1) is 9.65. The number of ether oxygens (including phenoxy) is 1. The van der Waals surface area contributed by atoms with Crippen LogP contribution in [0.4, 0.5) is 0 Å². The molecule has 1 aromatic heterocycles. The minimum atomic E-state index is -0.355. The summed E-state index contributed by atoms with van der Waals surface area (Å²) >= 11 is 0. The number of nitrogens with one attached hydrogen (secondary N) is 1. The molecule has 0 spiro atoms. The van der Waals surface area contributed by atoms with E-state index >= 15 is 0 Å². The van der Waals surface area contributed by atoms with Crippen LogP contribution in [-0.2, 0) is 16.1 Å². The van der Waals surface area contributed by atoms with Gasteiger partial charge in [-0.3, -0.25) is 9.59 Å². The van der Waals surface area contributed by atoms with E-state index in [0.717, 1.165) is 12.1 Å². The van der Waals surface area contributed by atoms with Gasteiger partial charge < -0.3 is 10.1 Å². The van der Waals surface area contributed by atoms with Gasteiger partial charge >= 0.3 is 5.97 Å². The van der Waals surface area contributed by atoms with Crippen LogP contribution in [0.5, 0.6) is 0 Å². The molecule has 7 nitrogen and oxygen atoms in total. The SMILES string of the molecule is CCn1nnc2cc(C(=O)NCCC(=O)OC)ccc21. The molecule has 0 fully saturated rings. The minimum Gasteiger partial charge on any atom is -0.469 e. The van der Waals surface area contributed by atoms with E-state index < -0.39 is 0 Å². The standard InChI is InChI=1S/C13H16N4O3/c1-3-17-11-5-4-9(8-10(11)15-16-17)13(19)14-7-6-12(18)20-2/h4-5,8H,3,6-7H2,1-2H3,(H,14,19). The molecule has 0 aliphatic rings. The van der Waals surface area contributed by atoms with Crippen molar-refractivity contribution in [1.29, 1.82) is 0 Å². The monoisotopic (exact) mass is 276 g/mol. The molecule has 7 heteroatoms. The smallest absolute Gasteiger partial charge is 0.307 e. The Labute approximate surface area is 115 Å². The summed E-state index contributed by atoms with van der Waals surface area (Å²) in [5, 5.41) is 10.7. The number of carbonyl (C=O) groups excluding carboxylic acids is 2. The lowest BCUT2D eigenvalue weighted by Gasteiger charge is -2.04. The summed E-state index contributed by atoms with van der Waals surface area (Å²) in [5.41, 5.74) is 2.05. The van der Waals surface area contributed by atoms with Crippen molar-refractivity contribution in [1.82, 2.24) is 20.3 Å². The van der Waals surface area contributed by atoms with Crippen molar-refractivity contribution in [3.63, 3.8) is 0 Å². The molecule has 0 saturated carbocycles. The van der Waals surface area contributed by atoms with Crippen molar-refractivity contribution in [2.45, 2.75) is 19.9 Å². The topological polar surface area (TPSA) is 86.1 Å². The maximum absolute atomic E-state index is 11.9. The molecule has 0 unspecified atom stereocenters. The number of nitrogens with zero attached hydrogens (tertiary/aromatic N) is 3. The lowest BCUT2D eigenvalue weighted by molar-refractivity contribution is -0.140.